The molecule has 9 heteroatoms. The van der Waals surface area contributed by atoms with Crippen molar-refractivity contribution in [2.24, 2.45) is 0 Å². The van der Waals surface area contributed by atoms with Gasteiger partial charge in [0.1, 0.15) is 11.4 Å². The number of aromatic nitrogens is 3. The number of anilines is 1. The van der Waals surface area contributed by atoms with Crippen molar-refractivity contribution < 1.29 is 19.1 Å². The molecule has 36 heavy (non-hydrogen) atoms. The summed E-state index contributed by atoms with van der Waals surface area (Å²) in [5, 5.41) is 5.52. The molecular formula is C27H25N5O4. The minimum atomic E-state index is -0.803. The third-order valence-electron chi connectivity index (χ3n) is 6.55. The van der Waals surface area contributed by atoms with Crippen molar-refractivity contribution in [2.75, 3.05) is 37.7 Å². The third kappa shape index (κ3) is 3.87. The monoisotopic (exact) mass is 483 g/mol. The smallest absolute Gasteiger partial charge is 0.277 e. The Balaban J connectivity index is 1.36. The van der Waals surface area contributed by atoms with Crippen molar-refractivity contribution in [3.63, 3.8) is 0 Å². The quantitative estimate of drug-likeness (QED) is 0.445. The number of fused-ring (bicyclic) bond motifs is 2. The molecule has 2 aliphatic rings. The second-order valence-corrected chi connectivity index (χ2v) is 8.83. The van der Waals surface area contributed by atoms with Crippen LogP contribution in [0.4, 0.5) is 5.69 Å². The summed E-state index contributed by atoms with van der Waals surface area (Å²) in [6.45, 7) is 4.03. The summed E-state index contributed by atoms with van der Waals surface area (Å²) < 4.78 is 13.2. The van der Waals surface area contributed by atoms with Crippen LogP contribution in [0.2, 0.25) is 0 Å². The number of amides is 2. The summed E-state index contributed by atoms with van der Waals surface area (Å²) in [7, 11) is 0. The van der Waals surface area contributed by atoms with Gasteiger partial charge in [-0.2, -0.15) is 5.10 Å². The number of carbonyl (C=O) groups excluding carboxylic acids is 2. The average Bonchev–Trinajstić information content (AvgIpc) is 3.28. The fourth-order valence-corrected chi connectivity index (χ4v) is 4.69. The first kappa shape index (κ1) is 22.2. The minimum absolute atomic E-state index is 0.0999. The first-order valence-electron chi connectivity index (χ1n) is 12.0. The molecule has 2 aromatic carbocycles. The fourth-order valence-electron chi connectivity index (χ4n) is 4.69. The summed E-state index contributed by atoms with van der Waals surface area (Å²) in [4.78, 5) is 35.1. The van der Waals surface area contributed by atoms with E-state index in [0.717, 1.165) is 16.8 Å². The van der Waals surface area contributed by atoms with Gasteiger partial charge in [0.25, 0.3) is 11.8 Å². The molecule has 0 saturated carbocycles. The van der Waals surface area contributed by atoms with Gasteiger partial charge in [0.2, 0.25) is 0 Å². The standard InChI is InChI=1S/C27H25N5O4/c1-18-20-11-12-21(28-25(20)32(29-18)19-7-3-2-4-8-19)26(33)31-17-24(27(34)30-13-15-35-16-14-30)36-23-10-6-5-9-22(23)31/h2-12,24H,13-17H2,1H3. The number of benzene rings is 2. The molecule has 2 aromatic heterocycles. The molecule has 0 radical (unpaired) electrons. The number of nitrogens with zero attached hydrogens (tertiary/aromatic N) is 5. The summed E-state index contributed by atoms with van der Waals surface area (Å²) in [6.07, 6.45) is -0.803. The highest BCUT2D eigenvalue weighted by molar-refractivity contribution is 6.07. The van der Waals surface area contributed by atoms with E-state index in [9.17, 15) is 9.59 Å². The van der Waals surface area contributed by atoms with E-state index in [2.05, 4.69) is 5.10 Å². The zero-order chi connectivity index (χ0) is 24.6. The van der Waals surface area contributed by atoms with E-state index < -0.39 is 6.10 Å². The highest BCUT2D eigenvalue weighted by Crippen LogP contribution is 2.34. The van der Waals surface area contributed by atoms with Gasteiger partial charge in [-0.15, -0.1) is 0 Å². The third-order valence-corrected chi connectivity index (χ3v) is 6.55. The van der Waals surface area contributed by atoms with Crippen LogP contribution in [0, 0.1) is 6.92 Å². The second kappa shape index (κ2) is 9.09. The van der Waals surface area contributed by atoms with Crippen molar-refractivity contribution in [1.29, 1.82) is 0 Å². The lowest BCUT2D eigenvalue weighted by Gasteiger charge is -2.37. The molecule has 1 unspecified atom stereocenters. The van der Waals surface area contributed by atoms with Crippen LogP contribution in [0.5, 0.6) is 5.75 Å². The number of para-hydroxylation sites is 3. The molecule has 1 saturated heterocycles. The first-order chi connectivity index (χ1) is 17.6. The molecule has 0 bridgehead atoms. The van der Waals surface area contributed by atoms with Crippen molar-refractivity contribution in [3.05, 3.63) is 78.1 Å². The lowest BCUT2D eigenvalue weighted by Crippen LogP contribution is -2.54. The van der Waals surface area contributed by atoms with E-state index in [0.29, 0.717) is 43.4 Å². The zero-order valence-corrected chi connectivity index (χ0v) is 19.8. The lowest BCUT2D eigenvalue weighted by atomic mass is 10.1. The molecule has 0 spiro atoms. The van der Waals surface area contributed by atoms with E-state index in [4.69, 9.17) is 14.5 Å². The normalized spacial score (nSPS) is 17.5. The van der Waals surface area contributed by atoms with Crippen LogP contribution in [0.25, 0.3) is 16.7 Å². The highest BCUT2D eigenvalue weighted by Gasteiger charge is 2.37. The number of aryl methyl sites for hydroxylation is 1. The number of hydrogen-bond acceptors (Lipinski definition) is 6. The van der Waals surface area contributed by atoms with Crippen molar-refractivity contribution >= 4 is 28.5 Å². The van der Waals surface area contributed by atoms with E-state index in [1.54, 1.807) is 26.6 Å². The Morgan fingerprint density at radius 3 is 2.50 bits per heavy atom. The maximum atomic E-state index is 13.8. The van der Waals surface area contributed by atoms with Gasteiger partial charge < -0.3 is 14.4 Å². The predicted molar refractivity (Wildman–Crippen MR) is 134 cm³/mol. The highest BCUT2D eigenvalue weighted by atomic mass is 16.5. The predicted octanol–water partition coefficient (Wildman–Crippen LogP) is 3.00. The molecule has 1 fully saturated rings. The fraction of sp³-hybridized carbons (Fsp3) is 0.259. The number of rotatable bonds is 3. The van der Waals surface area contributed by atoms with Crippen LogP contribution in [-0.2, 0) is 9.53 Å². The van der Waals surface area contributed by atoms with E-state index >= 15 is 0 Å². The molecular weight excluding hydrogens is 458 g/mol. The Labute approximate surface area is 207 Å². The van der Waals surface area contributed by atoms with Crippen LogP contribution in [-0.4, -0.2) is 70.4 Å². The van der Waals surface area contributed by atoms with Gasteiger partial charge in [-0.3, -0.25) is 14.5 Å². The summed E-state index contributed by atoms with van der Waals surface area (Å²) in [5.41, 5.74) is 3.18. The SMILES string of the molecule is Cc1nn(-c2ccccc2)c2nc(C(=O)N3CC(C(=O)N4CCOCC4)Oc4ccccc43)ccc12. The summed E-state index contributed by atoms with van der Waals surface area (Å²) >= 11 is 0. The van der Waals surface area contributed by atoms with Crippen LogP contribution in [0.3, 0.4) is 0 Å². The van der Waals surface area contributed by atoms with Gasteiger partial charge in [-0.25, -0.2) is 9.67 Å². The summed E-state index contributed by atoms with van der Waals surface area (Å²) in [5.74, 6) is 0.0487. The van der Waals surface area contributed by atoms with Crippen LogP contribution >= 0.6 is 0 Å². The van der Waals surface area contributed by atoms with Gasteiger partial charge >= 0.3 is 0 Å². The van der Waals surface area contributed by atoms with Gasteiger partial charge in [0, 0.05) is 18.5 Å². The molecule has 4 heterocycles. The molecule has 0 aliphatic carbocycles. The number of ether oxygens (including phenoxy) is 2. The molecule has 1 atom stereocenters. The summed E-state index contributed by atoms with van der Waals surface area (Å²) in [6, 6.07) is 20.6. The van der Waals surface area contributed by atoms with Crippen LogP contribution in [0.15, 0.2) is 66.7 Å². The first-order valence-corrected chi connectivity index (χ1v) is 12.0. The zero-order valence-electron chi connectivity index (χ0n) is 19.8. The Morgan fingerprint density at radius 1 is 0.944 bits per heavy atom. The maximum Gasteiger partial charge on any atom is 0.277 e. The Hall–Kier alpha value is -4.24. The van der Waals surface area contributed by atoms with E-state index in [1.165, 1.54) is 0 Å². The van der Waals surface area contributed by atoms with Crippen molar-refractivity contribution in [3.8, 4) is 11.4 Å². The number of carbonyl (C=O) groups is 2. The molecule has 9 nitrogen and oxygen atoms in total. The second-order valence-electron chi connectivity index (χ2n) is 8.83. The van der Waals surface area contributed by atoms with Crippen molar-refractivity contribution in [1.82, 2.24) is 19.7 Å². The Bertz CT molecular complexity index is 1450. The van der Waals surface area contributed by atoms with Crippen molar-refractivity contribution in [2.45, 2.75) is 13.0 Å². The minimum Gasteiger partial charge on any atom is -0.476 e. The topological polar surface area (TPSA) is 89.8 Å². The molecule has 182 valence electrons. The van der Waals surface area contributed by atoms with Gasteiger partial charge in [0.05, 0.1) is 36.8 Å². The number of hydrogen-bond donors (Lipinski definition) is 0. The number of morpholine rings is 1. The van der Waals surface area contributed by atoms with E-state index in [1.807, 2.05) is 61.5 Å². The number of pyridine rings is 1. The molecule has 6 rings (SSSR count). The molecule has 0 N–H and O–H groups in total. The van der Waals surface area contributed by atoms with E-state index in [-0.39, 0.29) is 24.1 Å². The van der Waals surface area contributed by atoms with Gasteiger partial charge in [-0.05, 0) is 43.3 Å². The molecule has 4 aromatic rings. The van der Waals surface area contributed by atoms with Gasteiger partial charge in [-0.1, -0.05) is 30.3 Å². The Morgan fingerprint density at radius 2 is 1.69 bits per heavy atom. The van der Waals surface area contributed by atoms with Crippen LogP contribution < -0.4 is 9.64 Å². The largest absolute Gasteiger partial charge is 0.476 e. The van der Waals surface area contributed by atoms with Gasteiger partial charge in [0.15, 0.2) is 11.8 Å². The maximum absolute atomic E-state index is 13.8. The molecule has 2 aliphatic heterocycles. The molecule has 2 amide bonds. The Kier molecular flexibility index (Phi) is 5.61. The average molecular weight is 484 g/mol. The lowest BCUT2D eigenvalue weighted by molar-refractivity contribution is -0.142. The van der Waals surface area contributed by atoms with Crippen LogP contribution in [0.1, 0.15) is 16.2 Å².